The van der Waals surface area contributed by atoms with E-state index in [1.807, 2.05) is 20.8 Å². The molecule has 0 spiro atoms. The molecule has 14 heavy (non-hydrogen) atoms. The smallest absolute Gasteiger partial charge is 0.322 e. The Labute approximate surface area is 85.8 Å². The number of methoxy groups -OCH3 is 1. The first-order valence-corrected chi connectivity index (χ1v) is 4.90. The molecule has 0 rings (SSSR count). The maximum Gasteiger partial charge on any atom is 0.322 e. The molecule has 0 aromatic carbocycles. The van der Waals surface area contributed by atoms with Gasteiger partial charge >= 0.3 is 5.97 Å². The average molecular weight is 203 g/mol. The Morgan fingerprint density at radius 3 is 2.50 bits per heavy atom. The average Bonchev–Trinajstić information content (AvgIpc) is 2.16. The highest BCUT2D eigenvalue weighted by Gasteiger charge is 2.18. The molecule has 0 fully saturated rings. The van der Waals surface area contributed by atoms with Crippen LogP contribution >= 0.6 is 0 Å². The molecule has 0 aliphatic carbocycles. The highest BCUT2D eigenvalue weighted by Crippen LogP contribution is 2.12. The molecule has 2 N–H and O–H groups in total. The number of rotatable bonds is 6. The van der Waals surface area contributed by atoms with Gasteiger partial charge in [0.2, 0.25) is 0 Å². The fourth-order valence-electron chi connectivity index (χ4n) is 0.773. The Hall–Kier alpha value is -0.610. The minimum Gasteiger partial charge on any atom is -0.464 e. The number of nitrogens with two attached hydrogens (primary N) is 1. The molecule has 84 valence electrons. The van der Waals surface area contributed by atoms with Gasteiger partial charge in [0.25, 0.3) is 0 Å². The van der Waals surface area contributed by atoms with Crippen molar-refractivity contribution in [2.45, 2.75) is 45.3 Å². The van der Waals surface area contributed by atoms with Crippen LogP contribution in [-0.2, 0) is 14.3 Å². The van der Waals surface area contributed by atoms with Crippen LogP contribution in [0.5, 0.6) is 0 Å². The standard InChI is InChI=1S/C10H21NO3/c1-5-8(11)9(12)14-7-6-10(2,3)13-4/h8H,5-7,11H2,1-4H3. The van der Waals surface area contributed by atoms with Crippen molar-refractivity contribution in [1.82, 2.24) is 0 Å². The van der Waals surface area contributed by atoms with Gasteiger partial charge in [-0.3, -0.25) is 4.79 Å². The van der Waals surface area contributed by atoms with Gasteiger partial charge in [-0.25, -0.2) is 0 Å². The number of ether oxygens (including phenoxy) is 2. The van der Waals surface area contributed by atoms with Gasteiger partial charge in [0.1, 0.15) is 6.04 Å². The quantitative estimate of drug-likeness (QED) is 0.656. The molecule has 1 unspecified atom stereocenters. The number of carbonyl (C=O) groups excluding carboxylic acids is 1. The second-order valence-electron chi connectivity index (χ2n) is 3.90. The zero-order chi connectivity index (χ0) is 11.2. The highest BCUT2D eigenvalue weighted by atomic mass is 16.5. The van der Waals surface area contributed by atoms with Crippen molar-refractivity contribution in [2.75, 3.05) is 13.7 Å². The minimum atomic E-state index is -0.499. The molecule has 0 heterocycles. The van der Waals surface area contributed by atoms with Crippen LogP contribution < -0.4 is 5.73 Å². The number of hydrogen-bond acceptors (Lipinski definition) is 4. The monoisotopic (exact) mass is 203 g/mol. The van der Waals surface area contributed by atoms with Gasteiger partial charge in [0.05, 0.1) is 12.2 Å². The topological polar surface area (TPSA) is 61.6 Å². The van der Waals surface area contributed by atoms with Gasteiger partial charge < -0.3 is 15.2 Å². The molecule has 0 aliphatic heterocycles. The molecule has 0 amide bonds. The van der Waals surface area contributed by atoms with E-state index in [0.29, 0.717) is 19.4 Å². The van der Waals surface area contributed by atoms with Crippen LogP contribution in [0.2, 0.25) is 0 Å². The van der Waals surface area contributed by atoms with E-state index in [1.54, 1.807) is 7.11 Å². The van der Waals surface area contributed by atoms with E-state index < -0.39 is 6.04 Å². The first-order chi connectivity index (χ1) is 6.43. The van der Waals surface area contributed by atoms with E-state index in [2.05, 4.69) is 0 Å². The van der Waals surface area contributed by atoms with Crippen molar-refractivity contribution in [3.05, 3.63) is 0 Å². The summed E-state index contributed by atoms with van der Waals surface area (Å²) in [5.41, 5.74) is 5.24. The molecule has 0 saturated carbocycles. The normalized spacial score (nSPS) is 13.8. The highest BCUT2D eigenvalue weighted by molar-refractivity contribution is 5.75. The lowest BCUT2D eigenvalue weighted by atomic mass is 10.1. The van der Waals surface area contributed by atoms with Crippen molar-refractivity contribution >= 4 is 5.97 Å². The molecule has 4 heteroatoms. The molecular weight excluding hydrogens is 182 g/mol. The van der Waals surface area contributed by atoms with Gasteiger partial charge in [-0.05, 0) is 20.3 Å². The zero-order valence-corrected chi connectivity index (χ0v) is 9.50. The summed E-state index contributed by atoms with van der Waals surface area (Å²) in [6, 6.07) is -0.499. The Balaban J connectivity index is 3.69. The Kier molecular flexibility index (Phi) is 5.72. The fourth-order valence-corrected chi connectivity index (χ4v) is 0.773. The van der Waals surface area contributed by atoms with Crippen LogP contribution in [0.1, 0.15) is 33.6 Å². The van der Waals surface area contributed by atoms with Crippen LogP contribution in [-0.4, -0.2) is 31.3 Å². The summed E-state index contributed by atoms with van der Waals surface area (Å²) in [6.07, 6.45) is 1.28. The molecular formula is C10H21NO3. The van der Waals surface area contributed by atoms with Crippen LogP contribution in [0.25, 0.3) is 0 Å². The SMILES string of the molecule is CCC(N)C(=O)OCCC(C)(C)OC. The largest absolute Gasteiger partial charge is 0.464 e. The van der Waals surface area contributed by atoms with Crippen molar-refractivity contribution in [3.8, 4) is 0 Å². The van der Waals surface area contributed by atoms with Crippen molar-refractivity contribution in [2.24, 2.45) is 5.73 Å². The first kappa shape index (κ1) is 13.4. The zero-order valence-electron chi connectivity index (χ0n) is 9.50. The third-order valence-electron chi connectivity index (χ3n) is 2.24. The van der Waals surface area contributed by atoms with E-state index in [1.165, 1.54) is 0 Å². The second-order valence-corrected chi connectivity index (χ2v) is 3.90. The molecule has 0 aliphatic rings. The Bertz CT molecular complexity index is 180. The predicted molar refractivity (Wildman–Crippen MR) is 54.9 cm³/mol. The lowest BCUT2D eigenvalue weighted by molar-refractivity contribution is -0.146. The molecule has 4 nitrogen and oxygen atoms in total. The van der Waals surface area contributed by atoms with Crippen LogP contribution in [0.4, 0.5) is 0 Å². The minimum absolute atomic E-state index is 0.253. The van der Waals surface area contributed by atoms with E-state index in [9.17, 15) is 4.79 Å². The maximum absolute atomic E-state index is 11.2. The number of esters is 1. The molecule has 0 radical (unpaired) electrons. The summed E-state index contributed by atoms with van der Waals surface area (Å²) < 4.78 is 10.2. The molecule has 1 atom stereocenters. The predicted octanol–water partition coefficient (Wildman–Crippen LogP) is 1.08. The molecule has 0 aromatic rings. The summed E-state index contributed by atoms with van der Waals surface area (Å²) in [5.74, 6) is -0.334. The van der Waals surface area contributed by atoms with Gasteiger partial charge in [-0.15, -0.1) is 0 Å². The summed E-state index contributed by atoms with van der Waals surface area (Å²) >= 11 is 0. The number of carbonyl (C=O) groups is 1. The summed E-state index contributed by atoms with van der Waals surface area (Å²) in [5, 5.41) is 0. The van der Waals surface area contributed by atoms with Crippen molar-refractivity contribution in [3.63, 3.8) is 0 Å². The van der Waals surface area contributed by atoms with E-state index in [4.69, 9.17) is 15.2 Å². The second kappa shape index (κ2) is 5.98. The third kappa shape index (κ3) is 5.19. The lowest BCUT2D eigenvalue weighted by Crippen LogP contribution is -2.33. The molecule has 0 bridgehead atoms. The Morgan fingerprint density at radius 1 is 1.50 bits per heavy atom. The van der Waals surface area contributed by atoms with Crippen LogP contribution in [0.15, 0.2) is 0 Å². The van der Waals surface area contributed by atoms with E-state index in [0.717, 1.165) is 0 Å². The van der Waals surface area contributed by atoms with Gasteiger partial charge in [0.15, 0.2) is 0 Å². The van der Waals surface area contributed by atoms with E-state index >= 15 is 0 Å². The lowest BCUT2D eigenvalue weighted by Gasteiger charge is -2.22. The van der Waals surface area contributed by atoms with Gasteiger partial charge in [0, 0.05) is 13.5 Å². The fraction of sp³-hybridized carbons (Fsp3) is 0.900. The maximum atomic E-state index is 11.2. The number of hydrogen-bond donors (Lipinski definition) is 1. The van der Waals surface area contributed by atoms with E-state index in [-0.39, 0.29) is 11.6 Å². The summed E-state index contributed by atoms with van der Waals surface area (Å²) in [4.78, 5) is 11.2. The van der Waals surface area contributed by atoms with Gasteiger partial charge in [-0.2, -0.15) is 0 Å². The third-order valence-corrected chi connectivity index (χ3v) is 2.24. The van der Waals surface area contributed by atoms with Crippen LogP contribution in [0.3, 0.4) is 0 Å². The summed E-state index contributed by atoms with van der Waals surface area (Å²) in [6.45, 7) is 6.10. The molecule has 0 saturated heterocycles. The Morgan fingerprint density at radius 2 is 2.07 bits per heavy atom. The summed E-state index contributed by atoms with van der Waals surface area (Å²) in [7, 11) is 1.64. The van der Waals surface area contributed by atoms with Gasteiger partial charge in [-0.1, -0.05) is 6.92 Å². The van der Waals surface area contributed by atoms with Crippen molar-refractivity contribution in [1.29, 1.82) is 0 Å². The van der Waals surface area contributed by atoms with Crippen LogP contribution in [0, 0.1) is 0 Å². The molecule has 0 aromatic heterocycles. The van der Waals surface area contributed by atoms with Crippen molar-refractivity contribution < 1.29 is 14.3 Å². The first-order valence-electron chi connectivity index (χ1n) is 4.90.